The van der Waals surface area contributed by atoms with Gasteiger partial charge in [-0.25, -0.2) is 0 Å². The summed E-state index contributed by atoms with van der Waals surface area (Å²) in [7, 11) is 0. The number of ether oxygens (including phenoxy) is 1. The first-order valence-electron chi connectivity index (χ1n) is 10.6. The van der Waals surface area contributed by atoms with Crippen molar-refractivity contribution in [1.82, 2.24) is 9.80 Å². The lowest BCUT2D eigenvalue weighted by molar-refractivity contribution is -0.192. The molecule has 3 aliphatic heterocycles. The van der Waals surface area contributed by atoms with Crippen molar-refractivity contribution >= 4 is 5.91 Å². The number of amides is 1. The third-order valence-electron chi connectivity index (χ3n) is 6.89. The lowest BCUT2D eigenvalue weighted by Gasteiger charge is -2.53. The third kappa shape index (κ3) is 3.79. The number of hydrogen-bond donors (Lipinski definition) is 0. The quantitative estimate of drug-likeness (QED) is 0.754. The highest BCUT2D eigenvalue weighted by atomic mass is 19.4. The van der Waals surface area contributed by atoms with Crippen LogP contribution in [-0.4, -0.2) is 53.7 Å². The lowest BCUT2D eigenvalue weighted by Crippen LogP contribution is -2.65. The fraction of sp³-hybridized carbons (Fsp3) is 0.682. The average molecular weight is 410 g/mol. The van der Waals surface area contributed by atoms with Crippen molar-refractivity contribution in [3.05, 3.63) is 35.4 Å². The van der Waals surface area contributed by atoms with Gasteiger partial charge in [0.25, 0.3) is 0 Å². The molecule has 0 N–H and O–H groups in total. The number of piperidine rings is 2. The fourth-order valence-electron chi connectivity index (χ4n) is 5.20. The summed E-state index contributed by atoms with van der Waals surface area (Å²) >= 11 is 0. The molecule has 1 amide bonds. The Morgan fingerprint density at radius 1 is 1.24 bits per heavy atom. The summed E-state index contributed by atoms with van der Waals surface area (Å²) in [5.74, 6) is 0.885. The molecule has 7 heteroatoms. The van der Waals surface area contributed by atoms with Gasteiger partial charge in [-0.3, -0.25) is 4.79 Å². The Morgan fingerprint density at radius 2 is 1.97 bits per heavy atom. The van der Waals surface area contributed by atoms with Gasteiger partial charge in [-0.2, -0.15) is 13.2 Å². The van der Waals surface area contributed by atoms with E-state index in [0.29, 0.717) is 24.9 Å². The van der Waals surface area contributed by atoms with Crippen LogP contribution < -0.4 is 0 Å². The van der Waals surface area contributed by atoms with Gasteiger partial charge in [0, 0.05) is 38.4 Å². The van der Waals surface area contributed by atoms with Gasteiger partial charge >= 0.3 is 6.18 Å². The van der Waals surface area contributed by atoms with Gasteiger partial charge in [-0.05, 0) is 36.5 Å². The van der Waals surface area contributed by atoms with Crippen LogP contribution in [0.15, 0.2) is 24.3 Å². The second-order valence-corrected chi connectivity index (χ2v) is 8.96. The first kappa shape index (κ1) is 20.7. The highest BCUT2D eigenvalue weighted by Gasteiger charge is 2.58. The molecule has 3 atom stereocenters. The number of hydrogen-bond acceptors (Lipinski definition) is 3. The summed E-state index contributed by atoms with van der Waals surface area (Å²) in [5, 5.41) is 0. The minimum atomic E-state index is -4.29. The molecule has 1 aromatic carbocycles. The molecule has 0 unspecified atom stereocenters. The van der Waals surface area contributed by atoms with Crippen molar-refractivity contribution < 1.29 is 22.7 Å². The Labute approximate surface area is 170 Å². The van der Waals surface area contributed by atoms with Crippen LogP contribution in [0, 0.1) is 11.8 Å². The first-order chi connectivity index (χ1) is 13.7. The molecule has 29 heavy (non-hydrogen) atoms. The van der Waals surface area contributed by atoms with Crippen molar-refractivity contribution in [3.63, 3.8) is 0 Å². The first-order valence-corrected chi connectivity index (χ1v) is 10.6. The SMILES string of the molecule is CC(C)[C@H]1CO[C@]23CCN(CCc4ccc(C(F)(F)F)cc4)C[C@H]2CCC(=O)N13. The van der Waals surface area contributed by atoms with E-state index in [0.717, 1.165) is 56.6 Å². The molecule has 3 saturated heterocycles. The number of carbonyl (C=O) groups excluding carboxylic acids is 1. The molecule has 4 nitrogen and oxygen atoms in total. The highest BCUT2D eigenvalue weighted by molar-refractivity contribution is 5.78. The standard InChI is InChI=1S/C22H29F3N2O2/c1-15(2)19-14-29-21-10-12-26(13-18(21)7-8-20(28)27(19)21)11-9-16-3-5-17(6-4-16)22(23,24)25/h3-6,15,18-19H,7-14H2,1-2H3/t18-,19-,21-/m1/s1. The summed E-state index contributed by atoms with van der Waals surface area (Å²) in [4.78, 5) is 17.1. The van der Waals surface area contributed by atoms with Gasteiger partial charge in [-0.1, -0.05) is 26.0 Å². The van der Waals surface area contributed by atoms with E-state index in [2.05, 4.69) is 23.6 Å². The zero-order valence-corrected chi connectivity index (χ0v) is 17.0. The number of halogens is 3. The molecule has 3 aliphatic rings. The van der Waals surface area contributed by atoms with Gasteiger partial charge in [0.15, 0.2) is 0 Å². The molecule has 0 aromatic heterocycles. The summed E-state index contributed by atoms with van der Waals surface area (Å²) < 4.78 is 44.5. The maximum absolute atomic E-state index is 12.7. The predicted molar refractivity (Wildman–Crippen MR) is 103 cm³/mol. The van der Waals surface area contributed by atoms with Gasteiger partial charge in [0.05, 0.1) is 18.2 Å². The van der Waals surface area contributed by atoms with E-state index in [1.165, 1.54) is 0 Å². The number of rotatable bonds is 4. The summed E-state index contributed by atoms with van der Waals surface area (Å²) in [6.45, 7) is 7.41. The Bertz CT molecular complexity index is 749. The van der Waals surface area contributed by atoms with Crippen molar-refractivity contribution in [3.8, 4) is 0 Å². The second-order valence-electron chi connectivity index (χ2n) is 8.96. The third-order valence-corrected chi connectivity index (χ3v) is 6.89. The van der Waals surface area contributed by atoms with Crippen LogP contribution in [0.25, 0.3) is 0 Å². The maximum atomic E-state index is 12.7. The Hall–Kier alpha value is -1.60. The fourth-order valence-corrected chi connectivity index (χ4v) is 5.20. The number of carbonyl (C=O) groups is 1. The van der Waals surface area contributed by atoms with Crippen LogP contribution in [0.3, 0.4) is 0 Å². The molecule has 0 aliphatic carbocycles. The Kier molecular flexibility index (Phi) is 5.40. The van der Waals surface area contributed by atoms with E-state index in [1.54, 1.807) is 12.1 Å². The molecule has 3 fully saturated rings. The van der Waals surface area contributed by atoms with Gasteiger partial charge < -0.3 is 14.5 Å². The van der Waals surface area contributed by atoms with E-state index >= 15 is 0 Å². The molecule has 0 saturated carbocycles. The molecular weight excluding hydrogens is 381 g/mol. The molecule has 0 bridgehead atoms. The molecule has 160 valence electrons. The van der Waals surface area contributed by atoms with Crippen molar-refractivity contribution in [2.24, 2.45) is 11.8 Å². The van der Waals surface area contributed by atoms with Crippen LogP contribution in [0.1, 0.15) is 44.2 Å². The van der Waals surface area contributed by atoms with Crippen molar-refractivity contribution in [2.75, 3.05) is 26.2 Å². The lowest BCUT2D eigenvalue weighted by atomic mass is 9.79. The van der Waals surface area contributed by atoms with Crippen LogP contribution in [0.2, 0.25) is 0 Å². The van der Waals surface area contributed by atoms with Crippen molar-refractivity contribution in [1.29, 1.82) is 0 Å². The van der Waals surface area contributed by atoms with Crippen LogP contribution in [-0.2, 0) is 22.1 Å². The molecule has 1 aromatic rings. The number of alkyl halides is 3. The van der Waals surface area contributed by atoms with Gasteiger partial charge in [0.2, 0.25) is 5.91 Å². The monoisotopic (exact) mass is 410 g/mol. The largest absolute Gasteiger partial charge is 0.416 e. The van der Waals surface area contributed by atoms with Crippen LogP contribution in [0.5, 0.6) is 0 Å². The summed E-state index contributed by atoms with van der Waals surface area (Å²) in [5.41, 5.74) is -0.142. The molecule has 4 rings (SSSR count). The average Bonchev–Trinajstić information content (AvgIpc) is 3.07. The predicted octanol–water partition coefficient (Wildman–Crippen LogP) is 3.94. The van der Waals surface area contributed by atoms with E-state index in [4.69, 9.17) is 4.74 Å². The number of nitrogens with zero attached hydrogens (tertiary/aromatic N) is 2. The minimum absolute atomic E-state index is 0.156. The second kappa shape index (κ2) is 7.58. The van der Waals surface area contributed by atoms with Gasteiger partial charge in [0.1, 0.15) is 5.72 Å². The Balaban J connectivity index is 1.39. The summed E-state index contributed by atoms with van der Waals surface area (Å²) in [6, 6.07) is 5.61. The maximum Gasteiger partial charge on any atom is 0.416 e. The van der Waals surface area contributed by atoms with E-state index in [-0.39, 0.29) is 11.9 Å². The molecule has 1 spiro atoms. The van der Waals surface area contributed by atoms with E-state index in [1.807, 2.05) is 0 Å². The van der Waals surface area contributed by atoms with E-state index in [9.17, 15) is 18.0 Å². The number of likely N-dealkylation sites (tertiary alicyclic amines) is 1. The number of benzene rings is 1. The zero-order chi connectivity index (χ0) is 20.8. The summed E-state index contributed by atoms with van der Waals surface area (Å²) in [6.07, 6.45) is -1.35. The molecule has 3 heterocycles. The highest BCUT2D eigenvalue weighted by Crippen LogP contribution is 2.47. The van der Waals surface area contributed by atoms with Crippen LogP contribution >= 0.6 is 0 Å². The topological polar surface area (TPSA) is 32.8 Å². The van der Waals surface area contributed by atoms with Crippen LogP contribution in [0.4, 0.5) is 13.2 Å². The Morgan fingerprint density at radius 3 is 2.62 bits per heavy atom. The molecular formula is C22H29F3N2O2. The zero-order valence-electron chi connectivity index (χ0n) is 17.0. The molecule has 0 radical (unpaired) electrons. The normalized spacial score (nSPS) is 30.6. The smallest absolute Gasteiger partial charge is 0.353 e. The van der Waals surface area contributed by atoms with Crippen molar-refractivity contribution in [2.45, 2.75) is 57.5 Å². The minimum Gasteiger partial charge on any atom is -0.353 e. The van der Waals surface area contributed by atoms with E-state index < -0.39 is 17.5 Å². The van der Waals surface area contributed by atoms with Gasteiger partial charge in [-0.15, -0.1) is 0 Å².